The second-order valence-electron chi connectivity index (χ2n) is 16.7. The Morgan fingerprint density at radius 2 is 1.04 bits per heavy atom. The molecular weight excluding hydrogens is 1210 g/mol. The third-order valence-corrected chi connectivity index (χ3v) is 12.5. The minimum Gasteiger partial charge on any atom is -0.481 e. The maximum absolute atomic E-state index is 14.1. The Morgan fingerprint density at radius 1 is 0.641 bits per heavy atom. The number of halogens is 6. The number of aliphatic carboxylic acids is 2. The van der Waals surface area contributed by atoms with Crippen LogP contribution in [0.2, 0.25) is 0 Å². The average Bonchev–Trinajstić information content (AvgIpc) is 3.82. The van der Waals surface area contributed by atoms with Crippen LogP contribution in [0.4, 0.5) is 0 Å². The first-order valence-corrected chi connectivity index (χ1v) is 27.2. The molecular formula is C42H50Cl6N8O20S2. The summed E-state index contributed by atoms with van der Waals surface area (Å²) in [5.74, 6) is -12.3. The van der Waals surface area contributed by atoms with Crippen molar-refractivity contribution in [2.75, 3.05) is 26.3 Å². The van der Waals surface area contributed by atoms with Gasteiger partial charge in [-0.2, -0.15) is 16.8 Å². The molecule has 0 aliphatic carbocycles. The second kappa shape index (κ2) is 29.5. The van der Waals surface area contributed by atoms with E-state index in [-0.39, 0.29) is 29.2 Å². The van der Waals surface area contributed by atoms with Gasteiger partial charge in [-0.25, -0.2) is 8.37 Å². The molecule has 0 bridgehead atoms. The van der Waals surface area contributed by atoms with Crippen LogP contribution in [0.5, 0.6) is 11.5 Å². The summed E-state index contributed by atoms with van der Waals surface area (Å²) in [7, 11) is -9.61. The molecule has 36 heteroatoms. The second-order valence-corrected chi connectivity index (χ2v) is 24.1. The number of amides is 8. The molecule has 0 saturated carbocycles. The monoisotopic (exact) mass is 1260 g/mol. The number of primary amides is 1. The fraction of sp³-hybridized carbons (Fsp3) is 0.476. The number of hydrogen-bond acceptors (Lipinski definition) is 18. The first-order valence-electron chi connectivity index (χ1n) is 22.3. The van der Waals surface area contributed by atoms with Crippen LogP contribution >= 0.6 is 69.6 Å². The van der Waals surface area contributed by atoms with E-state index in [1.807, 2.05) is 0 Å². The molecule has 1 aliphatic rings. The zero-order chi connectivity index (χ0) is 58.9. The van der Waals surface area contributed by atoms with E-state index in [0.29, 0.717) is 12.8 Å². The molecule has 8 amide bonds. The van der Waals surface area contributed by atoms with E-state index in [9.17, 15) is 75.0 Å². The first kappa shape index (κ1) is 66.6. The lowest BCUT2D eigenvalue weighted by Gasteiger charge is -2.26. The van der Waals surface area contributed by atoms with E-state index in [0.717, 1.165) is 31.2 Å². The molecule has 10 N–H and O–H groups in total. The summed E-state index contributed by atoms with van der Waals surface area (Å²) in [6, 6.07) is -0.585. The largest absolute Gasteiger partial charge is 0.481 e. The van der Waals surface area contributed by atoms with Crippen molar-refractivity contribution in [1.82, 2.24) is 36.8 Å². The number of rotatable bonds is 29. The van der Waals surface area contributed by atoms with Gasteiger partial charge in [-0.15, -0.1) is 0 Å². The highest BCUT2D eigenvalue weighted by Crippen LogP contribution is 2.28. The number of carbonyl (C=O) groups is 10. The molecule has 1 saturated heterocycles. The van der Waals surface area contributed by atoms with Gasteiger partial charge in [-0.05, 0) is 55.2 Å². The maximum Gasteiger partial charge on any atom is 0.449 e. The van der Waals surface area contributed by atoms with Crippen LogP contribution < -0.4 is 46.0 Å². The van der Waals surface area contributed by atoms with Crippen LogP contribution in [-0.2, 0) is 90.0 Å². The molecule has 0 radical (unpaired) electrons. The van der Waals surface area contributed by atoms with Crippen molar-refractivity contribution in [1.29, 1.82) is 0 Å². The SMILES string of the molecule is CC(=O)N[C@@H](CC(=O)O)C(=O)N[C@@H](Cc1ccc(OS(=O)(=O)OCC(Cl)(Cl)Cl)cc1)C(=O)N[C@@H](CC(=O)O)C(=O)N[C@@H](Cc1ccc(OS(=O)(=O)OCC(Cl)(Cl)Cl)cc1)C(=O)NCC(=O)N[C@@H](C)C(=O)N1CCC[C@H]1C(N)=O. The number of alkyl halides is 6. The number of nitrogens with zero attached hydrogens (tertiary/aromatic N) is 1. The quantitative estimate of drug-likeness (QED) is 0.0464. The van der Waals surface area contributed by atoms with Gasteiger partial charge in [-0.1, -0.05) is 93.9 Å². The van der Waals surface area contributed by atoms with Crippen molar-refractivity contribution in [2.24, 2.45) is 5.73 Å². The summed E-state index contributed by atoms with van der Waals surface area (Å²) in [5.41, 5.74) is 5.65. The van der Waals surface area contributed by atoms with Crippen LogP contribution in [0, 0.1) is 0 Å². The van der Waals surface area contributed by atoms with Crippen molar-refractivity contribution in [3.05, 3.63) is 59.7 Å². The number of carboxylic acids is 2. The van der Waals surface area contributed by atoms with Gasteiger partial charge in [0.1, 0.15) is 61.0 Å². The van der Waals surface area contributed by atoms with Crippen LogP contribution in [0.25, 0.3) is 0 Å². The predicted molar refractivity (Wildman–Crippen MR) is 274 cm³/mol. The van der Waals surface area contributed by atoms with Crippen molar-refractivity contribution >= 4 is 150 Å². The number of benzene rings is 2. The minimum atomic E-state index is -4.81. The minimum absolute atomic E-state index is 0.103. The van der Waals surface area contributed by atoms with Gasteiger partial charge >= 0.3 is 32.7 Å². The average molecular weight is 1260 g/mol. The first-order chi connectivity index (χ1) is 36.0. The van der Waals surface area contributed by atoms with Gasteiger partial charge in [0.25, 0.3) is 0 Å². The predicted octanol–water partition coefficient (Wildman–Crippen LogP) is -0.502. The molecule has 1 aliphatic heterocycles. The van der Waals surface area contributed by atoms with Crippen LogP contribution in [0.3, 0.4) is 0 Å². The Bertz CT molecular complexity index is 2760. The zero-order valence-corrected chi connectivity index (χ0v) is 46.7. The maximum atomic E-state index is 14.1. The third kappa shape index (κ3) is 24.5. The number of hydrogen-bond donors (Lipinski definition) is 9. The summed E-state index contributed by atoms with van der Waals surface area (Å²) in [4.78, 5) is 130. The fourth-order valence-electron chi connectivity index (χ4n) is 6.86. The van der Waals surface area contributed by atoms with Gasteiger partial charge in [0.2, 0.25) is 54.8 Å². The Kier molecular flexibility index (Phi) is 25.2. The van der Waals surface area contributed by atoms with Crippen LogP contribution in [0.1, 0.15) is 50.7 Å². The normalized spacial score (nSPS) is 15.7. The Hall–Kier alpha value is -5.70. The number of carboxylic acid groups (broad SMARTS) is 2. The number of nitrogens with two attached hydrogens (primary N) is 1. The van der Waals surface area contributed by atoms with E-state index in [1.165, 1.54) is 36.1 Å². The summed E-state index contributed by atoms with van der Waals surface area (Å²) < 4.78 is 63.5. The molecule has 3 rings (SSSR count). The Labute approximate surface area is 474 Å². The van der Waals surface area contributed by atoms with Crippen molar-refractivity contribution in [2.45, 2.75) is 96.2 Å². The van der Waals surface area contributed by atoms with Gasteiger partial charge in [0, 0.05) is 26.3 Å². The summed E-state index contributed by atoms with van der Waals surface area (Å²) in [6.45, 7) is -0.252. The van der Waals surface area contributed by atoms with Gasteiger partial charge in [-0.3, -0.25) is 47.9 Å². The van der Waals surface area contributed by atoms with Crippen LogP contribution in [-0.4, -0.2) is 161 Å². The number of likely N-dealkylation sites (tertiary alicyclic amines) is 1. The number of carbonyl (C=O) groups excluding carboxylic acids is 8. The summed E-state index contributed by atoms with van der Waals surface area (Å²) in [5, 5.41) is 32.7. The van der Waals surface area contributed by atoms with E-state index in [1.54, 1.807) is 0 Å². The topological polar surface area (TPSA) is 418 Å². The highest BCUT2D eigenvalue weighted by molar-refractivity contribution is 7.82. The molecule has 6 atom stereocenters. The van der Waals surface area contributed by atoms with Crippen molar-refractivity contribution in [3.8, 4) is 11.5 Å². The standard InChI is InChI=1S/C42H50Cl6N8O20S2/c1-21(40(68)56-13-3-4-31(56)35(49)63)51-32(58)18-50-36(64)27(14-23-5-9-25(10-6-23)75-77(69,70)73-19-41(43,44)45)53-39(67)30(17-34(61)62)55-37(65)28(54-38(66)29(16-33(59)60)52-22(2)57)15-24-7-11-26(12-8-24)76-78(71,72)74-20-42(46,47)48/h5-12,21,27-31H,3-4,13-20H2,1-2H3,(H2,49,63)(H,50,64)(H,51,58)(H,52,57)(H,53,67)(H,54,66)(H,55,65)(H,59,60)(H,61,62)/t21-,27-,28-,29-,30-,31-/m0/s1. The molecule has 0 unspecified atom stereocenters. The zero-order valence-electron chi connectivity index (χ0n) is 40.5. The molecule has 432 valence electrons. The van der Waals surface area contributed by atoms with Crippen LogP contribution in [0.15, 0.2) is 48.5 Å². The lowest BCUT2D eigenvalue weighted by molar-refractivity contribution is -0.141. The molecule has 1 fully saturated rings. The van der Waals surface area contributed by atoms with Gasteiger partial charge < -0.3 is 61.1 Å². The molecule has 28 nitrogen and oxygen atoms in total. The fourth-order valence-corrected chi connectivity index (χ4v) is 9.01. The molecule has 1 heterocycles. The summed E-state index contributed by atoms with van der Waals surface area (Å²) >= 11 is 33.2. The highest BCUT2D eigenvalue weighted by Gasteiger charge is 2.37. The lowest BCUT2D eigenvalue weighted by atomic mass is 10.0. The molecule has 2 aromatic carbocycles. The van der Waals surface area contributed by atoms with Gasteiger partial charge in [0.15, 0.2) is 0 Å². The van der Waals surface area contributed by atoms with E-state index < -0.39 is 169 Å². The molecule has 0 spiro atoms. The smallest absolute Gasteiger partial charge is 0.449 e. The summed E-state index contributed by atoms with van der Waals surface area (Å²) in [6.07, 6.45) is -2.52. The highest BCUT2D eigenvalue weighted by atomic mass is 35.6. The van der Waals surface area contributed by atoms with Crippen molar-refractivity contribution < 1.29 is 91.7 Å². The third-order valence-electron chi connectivity index (χ3n) is 10.2. The van der Waals surface area contributed by atoms with E-state index in [2.05, 4.69) is 40.3 Å². The van der Waals surface area contributed by atoms with Gasteiger partial charge in [0.05, 0.1) is 19.4 Å². The van der Waals surface area contributed by atoms with E-state index >= 15 is 0 Å². The lowest BCUT2D eigenvalue weighted by Crippen LogP contribution is -2.59. The molecule has 0 aromatic heterocycles. The van der Waals surface area contributed by atoms with Crippen molar-refractivity contribution in [3.63, 3.8) is 0 Å². The molecule has 78 heavy (non-hydrogen) atoms. The van der Waals surface area contributed by atoms with E-state index in [4.69, 9.17) is 83.7 Å². The Morgan fingerprint density at radius 3 is 1.44 bits per heavy atom. The Balaban J connectivity index is 1.96. The molecule has 2 aromatic rings. The number of nitrogens with one attached hydrogen (secondary N) is 6.